The molecule has 0 radical (unpaired) electrons. The standard InChI is InChI=1S/C19H24N2O4S/c1-14-7-5-10-18(15(14)2)20-19(22)11-12-21(26(4,23)24)16-8-6-9-17(13-16)25-3/h5-10,13H,11-12H2,1-4H3,(H,20,22). The minimum Gasteiger partial charge on any atom is -0.497 e. The quantitative estimate of drug-likeness (QED) is 0.806. The van der Waals surface area contributed by atoms with E-state index in [1.165, 1.54) is 11.4 Å². The number of carbonyl (C=O) groups is 1. The number of nitrogens with one attached hydrogen (secondary N) is 1. The van der Waals surface area contributed by atoms with Crippen LogP contribution in [0.4, 0.5) is 11.4 Å². The number of hydrogen-bond acceptors (Lipinski definition) is 4. The average molecular weight is 376 g/mol. The van der Waals surface area contributed by atoms with E-state index in [9.17, 15) is 13.2 Å². The van der Waals surface area contributed by atoms with Gasteiger partial charge in [-0.25, -0.2) is 8.42 Å². The van der Waals surface area contributed by atoms with Crippen molar-refractivity contribution in [2.45, 2.75) is 20.3 Å². The van der Waals surface area contributed by atoms with Crippen molar-refractivity contribution in [3.05, 3.63) is 53.6 Å². The average Bonchev–Trinajstić information content (AvgIpc) is 2.58. The van der Waals surface area contributed by atoms with Crippen LogP contribution in [0, 0.1) is 13.8 Å². The van der Waals surface area contributed by atoms with Gasteiger partial charge in [-0.15, -0.1) is 0 Å². The Labute approximate surface area is 154 Å². The molecule has 7 heteroatoms. The van der Waals surface area contributed by atoms with E-state index >= 15 is 0 Å². The number of methoxy groups -OCH3 is 1. The topological polar surface area (TPSA) is 75.7 Å². The molecule has 0 spiro atoms. The third kappa shape index (κ3) is 4.98. The monoisotopic (exact) mass is 376 g/mol. The van der Waals surface area contributed by atoms with Crippen molar-refractivity contribution >= 4 is 27.3 Å². The van der Waals surface area contributed by atoms with Crippen LogP contribution in [-0.2, 0) is 14.8 Å². The van der Waals surface area contributed by atoms with E-state index in [0.717, 1.165) is 23.1 Å². The molecular weight excluding hydrogens is 352 g/mol. The lowest BCUT2D eigenvalue weighted by Crippen LogP contribution is -2.33. The number of aryl methyl sites for hydroxylation is 1. The second kappa shape index (κ2) is 8.23. The van der Waals surface area contributed by atoms with E-state index in [2.05, 4.69) is 5.32 Å². The van der Waals surface area contributed by atoms with Gasteiger partial charge >= 0.3 is 0 Å². The molecule has 2 aromatic carbocycles. The van der Waals surface area contributed by atoms with Crippen molar-refractivity contribution in [1.29, 1.82) is 0 Å². The molecule has 0 aliphatic carbocycles. The third-order valence-corrected chi connectivity index (χ3v) is 5.36. The zero-order valence-corrected chi connectivity index (χ0v) is 16.3. The summed E-state index contributed by atoms with van der Waals surface area (Å²) >= 11 is 0. The van der Waals surface area contributed by atoms with Gasteiger partial charge in [0.2, 0.25) is 15.9 Å². The molecule has 1 amide bonds. The fraction of sp³-hybridized carbons (Fsp3) is 0.316. The number of ether oxygens (including phenoxy) is 1. The van der Waals surface area contributed by atoms with Gasteiger partial charge < -0.3 is 10.1 Å². The fourth-order valence-electron chi connectivity index (χ4n) is 2.55. The Morgan fingerprint density at radius 1 is 1.15 bits per heavy atom. The van der Waals surface area contributed by atoms with Crippen LogP contribution >= 0.6 is 0 Å². The summed E-state index contributed by atoms with van der Waals surface area (Å²) in [4.78, 5) is 12.3. The Hall–Kier alpha value is -2.54. The highest BCUT2D eigenvalue weighted by Gasteiger charge is 2.19. The molecule has 0 aromatic heterocycles. The van der Waals surface area contributed by atoms with Crippen LogP contribution in [0.5, 0.6) is 5.75 Å². The van der Waals surface area contributed by atoms with Crippen molar-refractivity contribution in [3.8, 4) is 5.75 Å². The lowest BCUT2D eigenvalue weighted by Gasteiger charge is -2.22. The van der Waals surface area contributed by atoms with Crippen molar-refractivity contribution < 1.29 is 17.9 Å². The first kappa shape index (κ1) is 19.8. The fourth-order valence-corrected chi connectivity index (χ4v) is 3.47. The predicted molar refractivity (Wildman–Crippen MR) is 104 cm³/mol. The van der Waals surface area contributed by atoms with E-state index in [1.54, 1.807) is 24.3 Å². The lowest BCUT2D eigenvalue weighted by atomic mass is 10.1. The Bertz CT molecular complexity index is 894. The van der Waals surface area contributed by atoms with Gasteiger partial charge in [0.15, 0.2) is 0 Å². The highest BCUT2D eigenvalue weighted by atomic mass is 32.2. The normalized spacial score (nSPS) is 11.1. The minimum absolute atomic E-state index is 0.0393. The summed E-state index contributed by atoms with van der Waals surface area (Å²) in [6.07, 6.45) is 1.16. The number of nitrogens with zero attached hydrogens (tertiary/aromatic N) is 1. The number of anilines is 2. The second-order valence-corrected chi connectivity index (χ2v) is 7.99. The number of rotatable bonds is 7. The molecule has 0 atom stereocenters. The molecule has 0 bridgehead atoms. The number of benzene rings is 2. The van der Waals surface area contributed by atoms with Crippen LogP contribution in [-0.4, -0.2) is 34.2 Å². The van der Waals surface area contributed by atoms with Gasteiger partial charge in [-0.05, 0) is 43.2 Å². The second-order valence-electron chi connectivity index (χ2n) is 6.08. The maximum atomic E-state index is 12.3. The van der Waals surface area contributed by atoms with Gasteiger partial charge in [0.25, 0.3) is 0 Å². The largest absolute Gasteiger partial charge is 0.497 e. The molecule has 0 aliphatic heterocycles. The molecule has 0 heterocycles. The summed E-state index contributed by atoms with van der Waals surface area (Å²) < 4.78 is 30.7. The first-order chi connectivity index (χ1) is 12.2. The van der Waals surface area contributed by atoms with Crippen LogP contribution in [0.3, 0.4) is 0 Å². The zero-order chi connectivity index (χ0) is 19.3. The molecule has 2 aromatic rings. The lowest BCUT2D eigenvalue weighted by molar-refractivity contribution is -0.116. The van der Waals surface area contributed by atoms with Gasteiger partial charge in [0.05, 0.1) is 19.1 Å². The molecule has 0 unspecified atom stereocenters. The molecule has 140 valence electrons. The number of hydrogen-bond donors (Lipinski definition) is 1. The summed E-state index contributed by atoms with van der Waals surface area (Å²) in [6.45, 7) is 3.95. The van der Waals surface area contributed by atoms with Crippen molar-refractivity contribution in [3.63, 3.8) is 0 Å². The van der Waals surface area contributed by atoms with Gasteiger partial charge in [0, 0.05) is 24.7 Å². The van der Waals surface area contributed by atoms with Crippen molar-refractivity contribution in [2.24, 2.45) is 0 Å². The third-order valence-electron chi connectivity index (χ3n) is 4.16. The highest BCUT2D eigenvalue weighted by molar-refractivity contribution is 7.92. The Morgan fingerprint density at radius 2 is 1.85 bits per heavy atom. The van der Waals surface area contributed by atoms with E-state index < -0.39 is 10.0 Å². The van der Waals surface area contributed by atoms with Crippen molar-refractivity contribution in [2.75, 3.05) is 29.5 Å². The number of sulfonamides is 1. The van der Waals surface area contributed by atoms with E-state index in [1.807, 2.05) is 32.0 Å². The van der Waals surface area contributed by atoms with Crippen LogP contribution in [0.1, 0.15) is 17.5 Å². The van der Waals surface area contributed by atoms with Crippen LogP contribution in [0.25, 0.3) is 0 Å². The SMILES string of the molecule is COc1cccc(N(CCC(=O)Nc2cccc(C)c2C)S(C)(=O)=O)c1. The molecule has 26 heavy (non-hydrogen) atoms. The van der Waals surface area contributed by atoms with E-state index in [-0.39, 0.29) is 18.9 Å². The summed E-state index contributed by atoms with van der Waals surface area (Å²) in [5, 5.41) is 2.85. The Balaban J connectivity index is 2.12. The van der Waals surface area contributed by atoms with Gasteiger partial charge in [-0.3, -0.25) is 9.10 Å². The maximum absolute atomic E-state index is 12.3. The maximum Gasteiger partial charge on any atom is 0.232 e. The van der Waals surface area contributed by atoms with Gasteiger partial charge in [-0.2, -0.15) is 0 Å². The Morgan fingerprint density at radius 3 is 2.50 bits per heavy atom. The van der Waals surface area contributed by atoms with E-state index in [4.69, 9.17) is 4.74 Å². The van der Waals surface area contributed by atoms with Crippen molar-refractivity contribution in [1.82, 2.24) is 0 Å². The molecule has 6 nitrogen and oxygen atoms in total. The van der Waals surface area contributed by atoms with Crippen LogP contribution in [0.15, 0.2) is 42.5 Å². The van der Waals surface area contributed by atoms with E-state index in [0.29, 0.717) is 11.4 Å². The number of amides is 1. The number of carbonyl (C=O) groups excluding carboxylic acids is 1. The van der Waals surface area contributed by atoms with Crippen LogP contribution < -0.4 is 14.4 Å². The van der Waals surface area contributed by atoms with Gasteiger partial charge in [-0.1, -0.05) is 18.2 Å². The smallest absolute Gasteiger partial charge is 0.232 e. The van der Waals surface area contributed by atoms with Gasteiger partial charge in [0.1, 0.15) is 5.75 Å². The summed E-state index contributed by atoms with van der Waals surface area (Å²) in [6, 6.07) is 12.4. The highest BCUT2D eigenvalue weighted by Crippen LogP contribution is 2.23. The summed E-state index contributed by atoms with van der Waals surface area (Å²) in [5.41, 5.74) is 3.28. The first-order valence-electron chi connectivity index (χ1n) is 8.20. The van der Waals surface area contributed by atoms with Crippen LogP contribution in [0.2, 0.25) is 0 Å². The molecule has 1 N–H and O–H groups in total. The molecule has 0 aliphatic rings. The first-order valence-corrected chi connectivity index (χ1v) is 10.0. The molecule has 0 saturated carbocycles. The minimum atomic E-state index is -3.53. The molecule has 0 fully saturated rings. The summed E-state index contributed by atoms with van der Waals surface area (Å²) in [5.74, 6) is 0.311. The molecule has 2 rings (SSSR count). The predicted octanol–water partition coefficient (Wildman–Crippen LogP) is 3.11. The Kier molecular flexibility index (Phi) is 6.26. The zero-order valence-electron chi connectivity index (χ0n) is 15.4. The molecular formula is C19H24N2O4S. The molecule has 0 saturated heterocycles. The summed E-state index contributed by atoms with van der Waals surface area (Å²) in [7, 11) is -2.01.